The fourth-order valence-corrected chi connectivity index (χ4v) is 5.48. The predicted molar refractivity (Wildman–Crippen MR) is 155 cm³/mol. The minimum absolute atomic E-state index is 0.00619. The quantitative estimate of drug-likeness (QED) is 0.308. The maximum Gasteiger partial charge on any atom is 0.331 e. The number of carbonyl (C=O) groups is 3. The third-order valence-corrected chi connectivity index (χ3v) is 8.15. The van der Waals surface area contributed by atoms with Gasteiger partial charge in [-0.3, -0.25) is 19.4 Å². The highest BCUT2D eigenvalue weighted by Gasteiger charge is 2.46. The molecular weight excluding hydrogens is 550 g/mol. The lowest BCUT2D eigenvalue weighted by molar-refractivity contribution is -0.124. The Morgan fingerprint density at radius 3 is 2.63 bits per heavy atom. The van der Waals surface area contributed by atoms with Crippen molar-refractivity contribution >= 4 is 35.0 Å². The van der Waals surface area contributed by atoms with Crippen molar-refractivity contribution < 1.29 is 19.1 Å². The van der Waals surface area contributed by atoms with E-state index in [0.717, 1.165) is 29.0 Å². The monoisotopic (exact) mass is 581 g/mol. The first-order valence-corrected chi connectivity index (χ1v) is 14.4. The molecule has 0 bridgehead atoms. The molecule has 3 fully saturated rings. The van der Waals surface area contributed by atoms with Crippen LogP contribution in [0, 0.1) is 19.8 Å². The third kappa shape index (κ3) is 5.15. The van der Waals surface area contributed by atoms with Gasteiger partial charge in [-0.2, -0.15) is 4.98 Å². The summed E-state index contributed by atoms with van der Waals surface area (Å²) >= 11 is 0. The maximum atomic E-state index is 13.0. The van der Waals surface area contributed by atoms with Crippen molar-refractivity contribution in [3.05, 3.63) is 65.4 Å². The van der Waals surface area contributed by atoms with Crippen LogP contribution in [0.5, 0.6) is 5.88 Å². The number of nitrogens with zero attached hydrogens (tertiary/aromatic N) is 8. The maximum absolute atomic E-state index is 13.0. The largest absolute Gasteiger partial charge is 0.468 e. The number of hydrogen-bond donors (Lipinski definition) is 1. The SMILES string of the molecule is Cc1ccnc(C2CC2C(=O)Nc2cc(OC(C)c3cn4cc(C5CC5)cc(N5CC(=O)N(C)C5=O)c4n3)nc(C)n2)n1. The van der Waals surface area contributed by atoms with Crippen molar-refractivity contribution in [1.82, 2.24) is 34.2 Å². The van der Waals surface area contributed by atoms with Gasteiger partial charge in [0.25, 0.3) is 0 Å². The van der Waals surface area contributed by atoms with Crippen LogP contribution < -0.4 is 15.0 Å². The van der Waals surface area contributed by atoms with E-state index in [1.807, 2.05) is 42.8 Å². The van der Waals surface area contributed by atoms with E-state index in [4.69, 9.17) is 9.72 Å². The number of nitrogens with one attached hydrogen (secondary N) is 1. The van der Waals surface area contributed by atoms with E-state index in [0.29, 0.717) is 52.7 Å². The standard InChI is InChI=1S/C30H31N9O4/c1-15-7-8-31-27(32-15)20-10-21(20)29(41)36-24-11-25(34-17(3)33-24)43-16(2)22-13-38-12-19(18-5-6-18)9-23(28(38)35-22)39-14-26(40)37(4)30(39)42/h7-9,11-13,16,18,20-21H,5-6,10,14H2,1-4H3,(H,33,34,36,41). The molecule has 2 aliphatic carbocycles. The molecule has 7 rings (SSSR count). The molecule has 2 saturated carbocycles. The molecule has 4 aromatic heterocycles. The molecule has 3 aliphatic rings. The summed E-state index contributed by atoms with van der Waals surface area (Å²) in [6.45, 7) is 5.46. The van der Waals surface area contributed by atoms with Crippen molar-refractivity contribution in [2.24, 2.45) is 5.92 Å². The van der Waals surface area contributed by atoms with E-state index >= 15 is 0 Å². The summed E-state index contributed by atoms with van der Waals surface area (Å²) < 4.78 is 8.08. The van der Waals surface area contributed by atoms with Gasteiger partial charge in [0.2, 0.25) is 17.7 Å². The molecule has 0 aromatic carbocycles. The van der Waals surface area contributed by atoms with E-state index in [-0.39, 0.29) is 36.2 Å². The first-order chi connectivity index (χ1) is 20.6. The Hall–Kier alpha value is -4.94. The predicted octanol–water partition coefficient (Wildman–Crippen LogP) is 3.69. The molecule has 3 atom stereocenters. The Morgan fingerprint density at radius 1 is 1.09 bits per heavy atom. The first-order valence-electron chi connectivity index (χ1n) is 14.4. The molecule has 13 nitrogen and oxygen atoms in total. The molecule has 220 valence electrons. The van der Waals surface area contributed by atoms with Crippen molar-refractivity contribution in [2.45, 2.75) is 58.0 Å². The molecule has 0 radical (unpaired) electrons. The highest BCUT2D eigenvalue weighted by atomic mass is 16.5. The summed E-state index contributed by atoms with van der Waals surface area (Å²) in [6, 6.07) is 5.03. The van der Waals surface area contributed by atoms with Crippen LogP contribution in [-0.4, -0.2) is 65.7 Å². The Balaban J connectivity index is 1.10. The fourth-order valence-electron chi connectivity index (χ4n) is 5.48. The molecule has 4 aromatic rings. The number of likely N-dealkylation sites (N-methyl/N-ethyl adjacent to an activating group) is 1. The number of rotatable bonds is 8. The van der Waals surface area contributed by atoms with Gasteiger partial charge in [-0.1, -0.05) is 0 Å². The second kappa shape index (κ2) is 10.1. The molecular formula is C30H31N9O4. The molecule has 13 heteroatoms. The molecule has 43 heavy (non-hydrogen) atoms. The van der Waals surface area contributed by atoms with E-state index in [1.54, 1.807) is 19.2 Å². The highest BCUT2D eigenvalue weighted by molar-refractivity contribution is 6.13. The van der Waals surface area contributed by atoms with Crippen LogP contribution in [0.25, 0.3) is 5.65 Å². The summed E-state index contributed by atoms with van der Waals surface area (Å²) in [5.74, 6) is 1.58. The second-order valence-electron chi connectivity index (χ2n) is 11.5. The van der Waals surface area contributed by atoms with E-state index in [1.165, 1.54) is 11.9 Å². The second-order valence-corrected chi connectivity index (χ2v) is 11.5. The Labute approximate surface area is 247 Å². The van der Waals surface area contributed by atoms with Crippen LogP contribution in [0.2, 0.25) is 0 Å². The number of carbonyl (C=O) groups excluding carboxylic acids is 3. The van der Waals surface area contributed by atoms with Crippen molar-refractivity contribution in [1.29, 1.82) is 0 Å². The van der Waals surface area contributed by atoms with Crippen LogP contribution in [0.4, 0.5) is 16.3 Å². The van der Waals surface area contributed by atoms with Gasteiger partial charge in [-0.05, 0) is 63.6 Å². The number of imidazole rings is 1. The van der Waals surface area contributed by atoms with Crippen molar-refractivity contribution in [3.8, 4) is 5.88 Å². The number of fused-ring (bicyclic) bond motifs is 1. The van der Waals surface area contributed by atoms with Crippen LogP contribution in [0.1, 0.15) is 72.7 Å². The molecule has 1 saturated heterocycles. The van der Waals surface area contributed by atoms with Crippen molar-refractivity contribution in [2.75, 3.05) is 23.8 Å². The first kappa shape index (κ1) is 26.9. The zero-order chi connectivity index (χ0) is 30.0. The van der Waals surface area contributed by atoms with E-state index in [9.17, 15) is 14.4 Å². The van der Waals surface area contributed by atoms with Gasteiger partial charge >= 0.3 is 6.03 Å². The molecule has 3 unspecified atom stereocenters. The average Bonchev–Trinajstić information content (AvgIpc) is 3.89. The molecule has 0 spiro atoms. The number of amides is 4. The minimum Gasteiger partial charge on any atom is -0.468 e. The number of urea groups is 1. The Kier molecular flexibility index (Phi) is 6.33. The van der Waals surface area contributed by atoms with Gasteiger partial charge in [-0.15, -0.1) is 0 Å². The highest BCUT2D eigenvalue weighted by Crippen LogP contribution is 2.46. The summed E-state index contributed by atoms with van der Waals surface area (Å²) in [4.78, 5) is 63.1. The molecule has 1 N–H and O–H groups in total. The lowest BCUT2D eigenvalue weighted by atomic mass is 10.1. The zero-order valence-electron chi connectivity index (χ0n) is 24.3. The zero-order valence-corrected chi connectivity index (χ0v) is 24.3. The lowest BCUT2D eigenvalue weighted by Crippen LogP contribution is -2.30. The van der Waals surface area contributed by atoms with Gasteiger partial charge in [0.15, 0.2) is 5.65 Å². The van der Waals surface area contributed by atoms with Crippen LogP contribution in [0.3, 0.4) is 0 Å². The van der Waals surface area contributed by atoms with Crippen LogP contribution in [-0.2, 0) is 9.59 Å². The smallest absolute Gasteiger partial charge is 0.331 e. The molecule has 4 amide bonds. The van der Waals surface area contributed by atoms with Crippen LogP contribution >= 0.6 is 0 Å². The summed E-state index contributed by atoms with van der Waals surface area (Å²) in [5, 5.41) is 2.89. The van der Waals surface area contributed by atoms with E-state index in [2.05, 4.69) is 25.3 Å². The Morgan fingerprint density at radius 2 is 1.91 bits per heavy atom. The Bertz CT molecular complexity index is 1800. The van der Waals surface area contributed by atoms with Crippen molar-refractivity contribution in [3.63, 3.8) is 0 Å². The number of pyridine rings is 1. The van der Waals surface area contributed by atoms with Gasteiger partial charge in [0, 0.05) is 49.2 Å². The molecule has 1 aliphatic heterocycles. The van der Waals surface area contributed by atoms with Gasteiger partial charge in [0.1, 0.15) is 30.1 Å². The number of ether oxygens (including phenoxy) is 1. The number of imide groups is 1. The topological polar surface area (TPSA) is 148 Å². The number of aryl methyl sites for hydroxylation is 2. The summed E-state index contributed by atoms with van der Waals surface area (Å²) in [7, 11) is 1.49. The average molecular weight is 582 g/mol. The van der Waals surface area contributed by atoms with Crippen LogP contribution in [0.15, 0.2) is 36.8 Å². The fraction of sp³-hybridized carbons (Fsp3) is 0.400. The third-order valence-electron chi connectivity index (χ3n) is 8.15. The number of hydrogen-bond acceptors (Lipinski definition) is 9. The van der Waals surface area contributed by atoms with E-state index < -0.39 is 6.10 Å². The summed E-state index contributed by atoms with van der Waals surface area (Å²) in [6.07, 6.45) is 7.97. The van der Waals surface area contributed by atoms with Gasteiger partial charge in [-0.25, -0.2) is 24.7 Å². The number of anilines is 2. The normalized spacial score (nSPS) is 20.6. The van der Waals surface area contributed by atoms with Gasteiger partial charge in [0.05, 0.1) is 11.4 Å². The molecule has 5 heterocycles. The lowest BCUT2D eigenvalue weighted by Gasteiger charge is -2.17. The number of aromatic nitrogens is 6. The summed E-state index contributed by atoms with van der Waals surface area (Å²) in [5.41, 5.74) is 3.77. The minimum atomic E-state index is -0.514. The van der Waals surface area contributed by atoms with Gasteiger partial charge < -0.3 is 14.5 Å².